The van der Waals surface area contributed by atoms with Gasteiger partial charge < -0.3 is 20.2 Å². The lowest BCUT2D eigenvalue weighted by Crippen LogP contribution is -2.41. The van der Waals surface area contributed by atoms with E-state index in [1.165, 1.54) is 18.4 Å². The number of anilines is 1. The van der Waals surface area contributed by atoms with E-state index in [4.69, 9.17) is 38.1 Å². The molecule has 10 heteroatoms. The Morgan fingerprint density at radius 1 is 1.24 bits per heavy atom. The first-order valence-electron chi connectivity index (χ1n) is 6.88. The number of benzene rings is 1. The first kappa shape index (κ1) is 18.6. The molecule has 2 rings (SSSR count). The molecule has 8 nitrogen and oxygen atoms in total. The molecule has 0 fully saturated rings. The van der Waals surface area contributed by atoms with Gasteiger partial charge in [0, 0.05) is 5.02 Å². The third kappa shape index (κ3) is 5.40. The molecule has 25 heavy (non-hydrogen) atoms. The number of urea groups is 1. The minimum Gasteiger partial charge on any atom is -0.467 e. The van der Waals surface area contributed by atoms with Crippen LogP contribution in [0, 0.1) is 0 Å². The van der Waals surface area contributed by atoms with E-state index < -0.39 is 24.5 Å². The number of esters is 1. The number of rotatable bonds is 5. The van der Waals surface area contributed by atoms with E-state index in [2.05, 4.69) is 5.32 Å². The standard InChI is InChI=1S/C15H13Cl2N3O5/c16-8-4-10(13(18)11(17)5-8)14(22)25-7-12(21)20-15(23)19-6-9-2-1-3-24-9/h1-5H,6-7,18H2,(H2,19,20,21,23). The summed E-state index contributed by atoms with van der Waals surface area (Å²) in [5.74, 6) is -1.20. The number of hydrogen-bond donors (Lipinski definition) is 3. The number of nitrogen functional groups attached to an aromatic ring is 1. The van der Waals surface area contributed by atoms with Crippen LogP contribution >= 0.6 is 23.2 Å². The maximum absolute atomic E-state index is 11.9. The predicted octanol–water partition coefficient (Wildman–Crippen LogP) is 2.35. The SMILES string of the molecule is Nc1c(Cl)cc(Cl)cc1C(=O)OCC(=O)NC(=O)NCc1ccco1. The van der Waals surface area contributed by atoms with Crippen molar-refractivity contribution >= 4 is 46.8 Å². The highest BCUT2D eigenvalue weighted by molar-refractivity contribution is 6.37. The number of imide groups is 1. The number of carbonyl (C=O) groups is 3. The second kappa shape index (κ2) is 8.41. The predicted molar refractivity (Wildman–Crippen MR) is 90.2 cm³/mol. The van der Waals surface area contributed by atoms with Gasteiger partial charge in [0.2, 0.25) is 0 Å². The van der Waals surface area contributed by atoms with Gasteiger partial charge in [0.05, 0.1) is 29.1 Å². The monoisotopic (exact) mass is 385 g/mol. The summed E-state index contributed by atoms with van der Waals surface area (Å²) in [6, 6.07) is 5.19. The van der Waals surface area contributed by atoms with E-state index in [9.17, 15) is 14.4 Å². The lowest BCUT2D eigenvalue weighted by atomic mass is 10.2. The van der Waals surface area contributed by atoms with Gasteiger partial charge in [-0.15, -0.1) is 0 Å². The minimum absolute atomic E-state index is 0.0207. The first-order valence-corrected chi connectivity index (χ1v) is 7.64. The number of amides is 3. The molecule has 0 saturated carbocycles. The number of carbonyl (C=O) groups excluding carboxylic acids is 3. The largest absolute Gasteiger partial charge is 0.467 e. The number of ether oxygens (including phenoxy) is 1. The lowest BCUT2D eigenvalue weighted by Gasteiger charge is -2.09. The average molecular weight is 386 g/mol. The Morgan fingerprint density at radius 2 is 2.00 bits per heavy atom. The summed E-state index contributed by atoms with van der Waals surface area (Å²) in [7, 11) is 0. The maximum atomic E-state index is 11.9. The highest BCUT2D eigenvalue weighted by atomic mass is 35.5. The fraction of sp³-hybridized carbons (Fsp3) is 0.133. The molecule has 0 radical (unpaired) electrons. The van der Waals surface area contributed by atoms with E-state index in [-0.39, 0.29) is 27.8 Å². The van der Waals surface area contributed by atoms with Gasteiger partial charge in [0.15, 0.2) is 6.61 Å². The zero-order valence-corrected chi connectivity index (χ0v) is 14.2. The van der Waals surface area contributed by atoms with E-state index in [0.717, 1.165) is 0 Å². The molecule has 1 heterocycles. The van der Waals surface area contributed by atoms with Crippen molar-refractivity contribution in [2.24, 2.45) is 0 Å². The van der Waals surface area contributed by atoms with E-state index in [1.807, 2.05) is 5.32 Å². The molecule has 132 valence electrons. The van der Waals surface area contributed by atoms with Crippen molar-refractivity contribution in [3.63, 3.8) is 0 Å². The minimum atomic E-state index is -0.895. The second-order valence-electron chi connectivity index (χ2n) is 4.74. The van der Waals surface area contributed by atoms with Crippen LogP contribution in [-0.2, 0) is 16.1 Å². The van der Waals surface area contributed by atoms with E-state index >= 15 is 0 Å². The molecule has 0 aliphatic heterocycles. The van der Waals surface area contributed by atoms with Gasteiger partial charge in [-0.05, 0) is 24.3 Å². The maximum Gasteiger partial charge on any atom is 0.340 e. The van der Waals surface area contributed by atoms with Crippen molar-refractivity contribution in [3.8, 4) is 0 Å². The summed E-state index contributed by atoms with van der Waals surface area (Å²) < 4.78 is 9.80. The summed E-state index contributed by atoms with van der Waals surface area (Å²) >= 11 is 11.6. The summed E-state index contributed by atoms with van der Waals surface area (Å²) in [6.45, 7) is -0.583. The first-order chi connectivity index (χ1) is 11.9. The van der Waals surface area contributed by atoms with Crippen LogP contribution in [0.3, 0.4) is 0 Å². The van der Waals surface area contributed by atoms with Crippen molar-refractivity contribution in [2.45, 2.75) is 6.54 Å². The summed E-state index contributed by atoms with van der Waals surface area (Å²) in [4.78, 5) is 35.1. The molecule has 3 amide bonds. The fourth-order valence-electron chi connectivity index (χ4n) is 1.75. The summed E-state index contributed by atoms with van der Waals surface area (Å²) in [5.41, 5.74) is 5.56. The molecule has 4 N–H and O–H groups in total. The number of furan rings is 1. The van der Waals surface area contributed by atoms with Gasteiger partial charge in [0.25, 0.3) is 5.91 Å². The van der Waals surface area contributed by atoms with Crippen molar-refractivity contribution < 1.29 is 23.5 Å². The smallest absolute Gasteiger partial charge is 0.340 e. The van der Waals surface area contributed by atoms with Crippen LogP contribution in [0.1, 0.15) is 16.1 Å². The average Bonchev–Trinajstić information content (AvgIpc) is 3.07. The van der Waals surface area contributed by atoms with Crippen molar-refractivity contribution in [1.82, 2.24) is 10.6 Å². The normalized spacial score (nSPS) is 10.2. The van der Waals surface area contributed by atoms with Gasteiger partial charge in [-0.2, -0.15) is 0 Å². The van der Waals surface area contributed by atoms with Crippen LogP contribution < -0.4 is 16.4 Å². The third-order valence-corrected chi connectivity index (χ3v) is 3.44. The van der Waals surface area contributed by atoms with Gasteiger partial charge in [0.1, 0.15) is 5.76 Å². The molecule has 1 aromatic carbocycles. The number of nitrogens with one attached hydrogen (secondary N) is 2. The number of hydrogen-bond acceptors (Lipinski definition) is 6. The molecule has 0 unspecified atom stereocenters. The van der Waals surface area contributed by atoms with Gasteiger partial charge in [-0.3, -0.25) is 10.1 Å². The van der Waals surface area contributed by atoms with Crippen molar-refractivity contribution in [2.75, 3.05) is 12.3 Å². The van der Waals surface area contributed by atoms with Gasteiger partial charge in [-0.25, -0.2) is 9.59 Å². The molecular formula is C15H13Cl2N3O5. The number of nitrogens with two attached hydrogens (primary N) is 1. The van der Waals surface area contributed by atoms with Crippen LogP contribution in [0.2, 0.25) is 10.0 Å². The molecular weight excluding hydrogens is 373 g/mol. The molecule has 1 aromatic heterocycles. The Kier molecular flexibility index (Phi) is 6.26. The quantitative estimate of drug-likeness (QED) is 0.535. The lowest BCUT2D eigenvalue weighted by molar-refractivity contribution is -0.123. The highest BCUT2D eigenvalue weighted by Crippen LogP contribution is 2.27. The molecule has 0 aliphatic rings. The molecule has 0 atom stereocenters. The van der Waals surface area contributed by atoms with Crippen LogP contribution in [0.25, 0.3) is 0 Å². The highest BCUT2D eigenvalue weighted by Gasteiger charge is 2.17. The fourth-order valence-corrected chi connectivity index (χ4v) is 2.24. The summed E-state index contributed by atoms with van der Waals surface area (Å²) in [6.07, 6.45) is 1.45. The zero-order valence-electron chi connectivity index (χ0n) is 12.7. The Labute approximate surface area is 152 Å². The van der Waals surface area contributed by atoms with Gasteiger partial charge in [-0.1, -0.05) is 23.2 Å². The second-order valence-corrected chi connectivity index (χ2v) is 5.58. The van der Waals surface area contributed by atoms with Crippen LogP contribution in [0.5, 0.6) is 0 Å². The molecule has 0 saturated heterocycles. The molecule has 0 bridgehead atoms. The Hall–Kier alpha value is -2.71. The molecule has 0 aliphatic carbocycles. The van der Waals surface area contributed by atoms with Crippen molar-refractivity contribution in [1.29, 1.82) is 0 Å². The Bertz CT molecular complexity index is 793. The Morgan fingerprint density at radius 3 is 2.68 bits per heavy atom. The molecule has 0 spiro atoms. The third-order valence-electron chi connectivity index (χ3n) is 2.90. The van der Waals surface area contributed by atoms with Crippen LogP contribution in [0.4, 0.5) is 10.5 Å². The zero-order chi connectivity index (χ0) is 18.4. The van der Waals surface area contributed by atoms with E-state index in [1.54, 1.807) is 12.1 Å². The van der Waals surface area contributed by atoms with E-state index in [0.29, 0.717) is 5.76 Å². The Balaban J connectivity index is 1.81. The van der Waals surface area contributed by atoms with Crippen LogP contribution in [-0.4, -0.2) is 24.5 Å². The van der Waals surface area contributed by atoms with Crippen molar-refractivity contribution in [3.05, 3.63) is 51.9 Å². The van der Waals surface area contributed by atoms with Gasteiger partial charge >= 0.3 is 12.0 Å². The number of halogens is 2. The molecule has 2 aromatic rings. The van der Waals surface area contributed by atoms with Crippen LogP contribution in [0.15, 0.2) is 34.9 Å². The summed E-state index contributed by atoms with van der Waals surface area (Å²) in [5, 5.41) is 4.67. The topological polar surface area (TPSA) is 124 Å².